The third-order valence-electron chi connectivity index (χ3n) is 3.46. The van der Waals surface area contributed by atoms with E-state index in [0.717, 1.165) is 4.70 Å². The first kappa shape index (κ1) is 16.1. The van der Waals surface area contributed by atoms with Gasteiger partial charge in [0, 0.05) is 11.6 Å². The van der Waals surface area contributed by atoms with E-state index < -0.39 is 0 Å². The van der Waals surface area contributed by atoms with Gasteiger partial charge in [-0.2, -0.15) is 0 Å². The van der Waals surface area contributed by atoms with Gasteiger partial charge in [-0.05, 0) is 30.3 Å². The number of methoxy groups -OCH3 is 3. The van der Waals surface area contributed by atoms with Crippen LogP contribution >= 0.6 is 11.3 Å². The van der Waals surface area contributed by atoms with Gasteiger partial charge in [0.25, 0.3) is 5.91 Å². The number of fused-ring (bicyclic) bond motifs is 1. The van der Waals surface area contributed by atoms with Gasteiger partial charge >= 0.3 is 0 Å². The zero-order valence-electron chi connectivity index (χ0n) is 13.5. The van der Waals surface area contributed by atoms with Crippen LogP contribution in [0.5, 0.6) is 17.2 Å². The van der Waals surface area contributed by atoms with Gasteiger partial charge in [-0.3, -0.25) is 10.1 Å². The molecule has 7 heteroatoms. The molecule has 1 aromatic heterocycles. The van der Waals surface area contributed by atoms with Crippen molar-refractivity contribution in [3.05, 3.63) is 42.0 Å². The maximum Gasteiger partial charge on any atom is 0.257 e. The van der Waals surface area contributed by atoms with E-state index in [2.05, 4.69) is 10.3 Å². The summed E-state index contributed by atoms with van der Waals surface area (Å²) in [4.78, 5) is 16.8. The van der Waals surface area contributed by atoms with Crippen molar-refractivity contribution in [2.75, 3.05) is 26.6 Å². The molecule has 0 atom stereocenters. The Balaban J connectivity index is 1.87. The lowest BCUT2D eigenvalue weighted by Crippen LogP contribution is -2.11. The molecule has 0 saturated carbocycles. The second-order valence-electron chi connectivity index (χ2n) is 4.88. The smallest absolute Gasteiger partial charge is 0.257 e. The molecule has 0 aliphatic heterocycles. The Kier molecular flexibility index (Phi) is 4.52. The van der Waals surface area contributed by atoms with E-state index in [4.69, 9.17) is 14.2 Å². The van der Waals surface area contributed by atoms with E-state index in [-0.39, 0.29) is 5.91 Å². The summed E-state index contributed by atoms with van der Waals surface area (Å²) in [6.07, 6.45) is 0. The minimum absolute atomic E-state index is 0.234. The summed E-state index contributed by atoms with van der Waals surface area (Å²) in [6.45, 7) is 0. The number of nitrogens with zero attached hydrogens (tertiary/aromatic N) is 1. The molecule has 6 nitrogen and oxygen atoms in total. The van der Waals surface area contributed by atoms with Crippen molar-refractivity contribution in [1.82, 2.24) is 4.98 Å². The van der Waals surface area contributed by atoms with Crippen molar-refractivity contribution in [2.24, 2.45) is 0 Å². The van der Waals surface area contributed by atoms with Crippen molar-refractivity contribution >= 4 is 32.6 Å². The molecule has 1 heterocycles. The normalized spacial score (nSPS) is 10.5. The molecule has 0 fully saturated rings. The number of benzene rings is 2. The van der Waals surface area contributed by atoms with Gasteiger partial charge in [-0.15, -0.1) is 0 Å². The van der Waals surface area contributed by atoms with Crippen LogP contribution in [0.25, 0.3) is 10.2 Å². The molecule has 0 unspecified atom stereocenters. The van der Waals surface area contributed by atoms with Crippen LogP contribution in [0.15, 0.2) is 36.4 Å². The van der Waals surface area contributed by atoms with Gasteiger partial charge in [0.05, 0.1) is 26.0 Å². The molecular formula is C17H16N2O4S. The molecule has 0 aliphatic carbocycles. The lowest BCUT2D eigenvalue weighted by Gasteiger charge is -2.04. The summed E-state index contributed by atoms with van der Waals surface area (Å²) in [5.74, 6) is 1.74. The Bertz CT molecular complexity index is 874. The minimum Gasteiger partial charge on any atom is -0.497 e. The predicted molar refractivity (Wildman–Crippen MR) is 93.7 cm³/mol. The molecule has 0 saturated heterocycles. The van der Waals surface area contributed by atoms with Crippen LogP contribution in [-0.2, 0) is 0 Å². The van der Waals surface area contributed by atoms with Gasteiger partial charge in [-0.1, -0.05) is 11.3 Å². The molecule has 0 radical (unpaired) electrons. The number of thiazole rings is 1. The van der Waals surface area contributed by atoms with E-state index in [1.807, 2.05) is 6.07 Å². The van der Waals surface area contributed by atoms with Crippen molar-refractivity contribution < 1.29 is 19.0 Å². The molecule has 0 aliphatic rings. The molecule has 124 valence electrons. The van der Waals surface area contributed by atoms with Gasteiger partial charge < -0.3 is 14.2 Å². The summed E-state index contributed by atoms with van der Waals surface area (Å²) in [7, 11) is 4.75. The highest BCUT2D eigenvalue weighted by atomic mass is 32.1. The largest absolute Gasteiger partial charge is 0.497 e. The van der Waals surface area contributed by atoms with E-state index in [1.54, 1.807) is 51.7 Å². The van der Waals surface area contributed by atoms with Gasteiger partial charge in [0.15, 0.2) is 5.13 Å². The molecule has 2 aromatic carbocycles. The maximum atomic E-state index is 12.3. The maximum absolute atomic E-state index is 12.3. The molecule has 24 heavy (non-hydrogen) atoms. The monoisotopic (exact) mass is 344 g/mol. The first-order valence-electron chi connectivity index (χ1n) is 7.12. The summed E-state index contributed by atoms with van der Waals surface area (Å²) >= 11 is 1.36. The number of anilines is 1. The standard InChI is InChI=1S/C17H16N2O4S/c1-21-11-6-4-10(5-7-11)16(20)19-17-18-15-13(23-3)8-12(22-2)9-14(15)24-17/h4-9H,1-3H3,(H,18,19,20). The zero-order chi connectivity index (χ0) is 17.1. The fraction of sp³-hybridized carbons (Fsp3) is 0.176. The van der Waals surface area contributed by atoms with Crippen molar-refractivity contribution in [3.63, 3.8) is 0 Å². The minimum atomic E-state index is -0.234. The Labute approximate surface area is 143 Å². The van der Waals surface area contributed by atoms with Crippen LogP contribution in [0.3, 0.4) is 0 Å². The molecule has 3 rings (SSSR count). The summed E-state index contributed by atoms with van der Waals surface area (Å²) in [5, 5.41) is 3.30. The molecule has 0 spiro atoms. The number of hydrogen-bond donors (Lipinski definition) is 1. The van der Waals surface area contributed by atoms with Gasteiger partial charge in [-0.25, -0.2) is 4.98 Å². The summed E-state index contributed by atoms with van der Waals surface area (Å²) in [6, 6.07) is 10.5. The lowest BCUT2D eigenvalue weighted by atomic mass is 10.2. The highest BCUT2D eigenvalue weighted by molar-refractivity contribution is 7.22. The number of carbonyl (C=O) groups is 1. The second-order valence-corrected chi connectivity index (χ2v) is 5.91. The average molecular weight is 344 g/mol. The first-order chi connectivity index (χ1) is 11.6. The van der Waals surface area contributed by atoms with Crippen molar-refractivity contribution in [1.29, 1.82) is 0 Å². The fourth-order valence-electron chi connectivity index (χ4n) is 2.21. The van der Waals surface area contributed by atoms with E-state index in [1.165, 1.54) is 11.3 Å². The topological polar surface area (TPSA) is 69.7 Å². The van der Waals surface area contributed by atoms with Gasteiger partial charge in [0.2, 0.25) is 0 Å². The Morgan fingerprint density at radius 3 is 2.33 bits per heavy atom. The number of nitrogens with one attached hydrogen (secondary N) is 1. The molecule has 3 aromatic rings. The van der Waals surface area contributed by atoms with Crippen molar-refractivity contribution in [3.8, 4) is 17.2 Å². The number of hydrogen-bond acceptors (Lipinski definition) is 6. The van der Waals surface area contributed by atoms with E-state index in [9.17, 15) is 4.79 Å². The van der Waals surface area contributed by atoms with Crippen LogP contribution in [0, 0.1) is 0 Å². The lowest BCUT2D eigenvalue weighted by molar-refractivity contribution is 0.102. The SMILES string of the molecule is COc1ccc(C(=O)Nc2nc3c(OC)cc(OC)cc3s2)cc1. The Morgan fingerprint density at radius 2 is 1.71 bits per heavy atom. The van der Waals surface area contributed by atoms with E-state index in [0.29, 0.717) is 33.5 Å². The Hall–Kier alpha value is -2.80. The van der Waals surface area contributed by atoms with Crippen LogP contribution in [-0.4, -0.2) is 32.2 Å². The number of rotatable bonds is 5. The fourth-order valence-corrected chi connectivity index (χ4v) is 3.12. The number of aromatic nitrogens is 1. The number of carbonyl (C=O) groups excluding carboxylic acids is 1. The average Bonchev–Trinajstić information content (AvgIpc) is 3.02. The summed E-state index contributed by atoms with van der Waals surface area (Å²) in [5.41, 5.74) is 1.22. The second kappa shape index (κ2) is 6.76. The number of amides is 1. The summed E-state index contributed by atoms with van der Waals surface area (Å²) < 4.78 is 16.5. The van der Waals surface area contributed by atoms with Crippen molar-refractivity contribution in [2.45, 2.75) is 0 Å². The molecule has 0 bridgehead atoms. The molecular weight excluding hydrogens is 328 g/mol. The Morgan fingerprint density at radius 1 is 1.00 bits per heavy atom. The van der Waals surface area contributed by atoms with E-state index >= 15 is 0 Å². The third kappa shape index (κ3) is 3.11. The predicted octanol–water partition coefficient (Wildman–Crippen LogP) is 3.57. The zero-order valence-corrected chi connectivity index (χ0v) is 14.3. The third-order valence-corrected chi connectivity index (χ3v) is 4.38. The highest BCUT2D eigenvalue weighted by Crippen LogP contribution is 2.36. The van der Waals surface area contributed by atoms with Crippen LogP contribution in [0.4, 0.5) is 5.13 Å². The molecule has 1 N–H and O–H groups in total. The highest BCUT2D eigenvalue weighted by Gasteiger charge is 2.14. The quantitative estimate of drug-likeness (QED) is 0.766. The van der Waals surface area contributed by atoms with Crippen LogP contribution in [0.2, 0.25) is 0 Å². The van der Waals surface area contributed by atoms with Crippen LogP contribution < -0.4 is 19.5 Å². The van der Waals surface area contributed by atoms with Crippen LogP contribution in [0.1, 0.15) is 10.4 Å². The molecule has 1 amide bonds. The van der Waals surface area contributed by atoms with Gasteiger partial charge in [0.1, 0.15) is 22.8 Å². The first-order valence-corrected chi connectivity index (χ1v) is 7.94. The number of ether oxygens (including phenoxy) is 3.